The molecule has 0 radical (unpaired) electrons. The number of pyridine rings is 1. The maximum absolute atomic E-state index is 12.8. The molecule has 5 aromatic rings. The zero-order valence-electron chi connectivity index (χ0n) is 28.7. The van der Waals surface area contributed by atoms with Gasteiger partial charge in [-0.05, 0) is 68.1 Å². The molecule has 0 bridgehead atoms. The zero-order chi connectivity index (χ0) is 33.9. The number of rotatable bonds is 11. The van der Waals surface area contributed by atoms with Crippen molar-refractivity contribution < 1.29 is 23.5 Å². The molecule has 1 aliphatic rings. The predicted octanol–water partition coefficient (Wildman–Crippen LogP) is 8.70. The molecule has 0 atom stereocenters. The van der Waals surface area contributed by atoms with Crippen molar-refractivity contribution in [3.63, 3.8) is 0 Å². The van der Waals surface area contributed by atoms with E-state index in [1.165, 1.54) is 5.56 Å². The fourth-order valence-electron chi connectivity index (χ4n) is 5.58. The van der Waals surface area contributed by atoms with Crippen LogP contribution in [-0.2, 0) is 35.7 Å². The minimum atomic E-state index is -1.24. The highest BCUT2D eigenvalue weighted by atomic mass is 28.3. The number of nitrogens with one attached hydrogen (secondary N) is 1. The summed E-state index contributed by atoms with van der Waals surface area (Å²) in [5.74, 6) is 2.52. The van der Waals surface area contributed by atoms with Crippen molar-refractivity contribution in [3.05, 3.63) is 89.7 Å². The molecule has 4 heterocycles. The topological polar surface area (TPSA) is 104 Å². The summed E-state index contributed by atoms with van der Waals surface area (Å²) in [6.07, 6.45) is 4.19. The van der Waals surface area contributed by atoms with Gasteiger partial charge in [-0.2, -0.15) is 0 Å². The molecule has 48 heavy (non-hydrogen) atoms. The number of anilines is 1. The van der Waals surface area contributed by atoms with Crippen LogP contribution >= 0.6 is 0 Å². The van der Waals surface area contributed by atoms with E-state index < -0.39 is 13.7 Å². The van der Waals surface area contributed by atoms with Crippen LogP contribution in [0.4, 0.5) is 10.6 Å². The van der Waals surface area contributed by atoms with Crippen LogP contribution in [0.2, 0.25) is 25.7 Å². The molecule has 10 nitrogen and oxygen atoms in total. The largest absolute Gasteiger partial charge is 0.457 e. The summed E-state index contributed by atoms with van der Waals surface area (Å²) < 4.78 is 26.2. The Balaban J connectivity index is 1.28. The van der Waals surface area contributed by atoms with Crippen molar-refractivity contribution in [1.29, 1.82) is 0 Å². The van der Waals surface area contributed by atoms with Crippen LogP contribution in [0.15, 0.2) is 77.6 Å². The molecule has 0 unspecified atom stereocenters. The Kier molecular flexibility index (Phi) is 9.61. The standard InChI is InChI=1S/C37H45N5O5Si/c1-37(2,3)46-36(43)41-17-15-27-12-13-29(20-28(27)23-41)45-31-14-16-38-35-34(31)30(24-42(35)25-44-18-19-48(4,5)6)32-21-33(40-47-32)39-22-26-10-8-7-9-11-26/h7-14,16,20-21,24H,15,17-19,22-23,25H2,1-6H3,(H,39,40). The monoisotopic (exact) mass is 667 g/mol. The van der Waals surface area contributed by atoms with Crippen molar-refractivity contribution in [1.82, 2.24) is 19.6 Å². The van der Waals surface area contributed by atoms with E-state index in [2.05, 4.69) is 48.3 Å². The Labute approximate surface area is 283 Å². The van der Waals surface area contributed by atoms with Gasteiger partial charge in [0.25, 0.3) is 0 Å². The summed E-state index contributed by atoms with van der Waals surface area (Å²) in [6.45, 7) is 15.4. The summed E-state index contributed by atoms with van der Waals surface area (Å²) in [4.78, 5) is 19.3. The van der Waals surface area contributed by atoms with Crippen molar-refractivity contribution in [2.45, 2.75) is 78.3 Å². The SMILES string of the molecule is CC(C)(C)OC(=O)N1CCc2ccc(Oc3ccnc4c3c(-c3cc(NCc5ccccc5)no3)cn4COCC[Si](C)(C)C)cc2C1. The highest BCUT2D eigenvalue weighted by Gasteiger charge is 2.26. The van der Waals surface area contributed by atoms with Crippen molar-refractivity contribution >= 4 is 31.0 Å². The lowest BCUT2D eigenvalue weighted by molar-refractivity contribution is 0.0223. The molecule has 1 N–H and O–H groups in total. The second-order valence-electron chi connectivity index (χ2n) is 14.5. The van der Waals surface area contributed by atoms with Gasteiger partial charge in [-0.3, -0.25) is 0 Å². The molecule has 2 aromatic carbocycles. The first-order valence-electron chi connectivity index (χ1n) is 16.5. The molecule has 0 aliphatic carbocycles. The summed E-state index contributed by atoms with van der Waals surface area (Å²) in [7, 11) is -1.24. The molecule has 6 rings (SSSR count). The molecule has 0 fully saturated rings. The average Bonchev–Trinajstić information content (AvgIpc) is 3.66. The number of hydrogen-bond donors (Lipinski definition) is 1. The van der Waals surface area contributed by atoms with Gasteiger partial charge in [-0.15, -0.1) is 0 Å². The van der Waals surface area contributed by atoms with E-state index in [4.69, 9.17) is 23.7 Å². The van der Waals surface area contributed by atoms with E-state index in [1.807, 2.05) is 74.0 Å². The fourth-order valence-corrected chi connectivity index (χ4v) is 6.33. The molecule has 0 saturated heterocycles. The summed E-state index contributed by atoms with van der Waals surface area (Å²) >= 11 is 0. The van der Waals surface area contributed by atoms with Crippen LogP contribution in [0.5, 0.6) is 11.5 Å². The second kappa shape index (κ2) is 13.9. The third-order valence-electron chi connectivity index (χ3n) is 8.11. The smallest absolute Gasteiger partial charge is 0.410 e. The number of benzene rings is 2. The lowest BCUT2D eigenvalue weighted by Gasteiger charge is -2.31. The summed E-state index contributed by atoms with van der Waals surface area (Å²) in [6, 6.07) is 21.0. The van der Waals surface area contributed by atoms with Crippen LogP contribution in [0, 0.1) is 0 Å². The Morgan fingerprint density at radius 1 is 1.04 bits per heavy atom. The molecule has 1 amide bonds. The van der Waals surface area contributed by atoms with Gasteiger partial charge < -0.3 is 33.5 Å². The Morgan fingerprint density at radius 3 is 2.62 bits per heavy atom. The van der Waals surface area contributed by atoms with E-state index in [0.29, 0.717) is 56.0 Å². The van der Waals surface area contributed by atoms with E-state index >= 15 is 0 Å². The first-order valence-corrected chi connectivity index (χ1v) is 20.2. The fraction of sp³-hybridized carbons (Fsp3) is 0.378. The minimum absolute atomic E-state index is 0.307. The average molecular weight is 668 g/mol. The normalized spacial score (nSPS) is 13.4. The van der Waals surface area contributed by atoms with Crippen LogP contribution in [0.1, 0.15) is 37.5 Å². The van der Waals surface area contributed by atoms with E-state index in [0.717, 1.165) is 40.2 Å². The van der Waals surface area contributed by atoms with Crippen LogP contribution in [-0.4, -0.2) is 52.5 Å². The van der Waals surface area contributed by atoms with Crippen molar-refractivity contribution in [2.75, 3.05) is 18.5 Å². The van der Waals surface area contributed by atoms with E-state index in [-0.39, 0.29) is 6.09 Å². The van der Waals surface area contributed by atoms with Gasteiger partial charge in [0.1, 0.15) is 29.5 Å². The van der Waals surface area contributed by atoms with Gasteiger partial charge in [0.05, 0.1) is 10.9 Å². The van der Waals surface area contributed by atoms with Crippen LogP contribution < -0.4 is 10.1 Å². The number of aromatic nitrogens is 3. The maximum atomic E-state index is 12.8. The van der Waals surface area contributed by atoms with E-state index in [1.54, 1.807) is 11.1 Å². The lowest BCUT2D eigenvalue weighted by Crippen LogP contribution is -2.39. The number of carbonyl (C=O) groups excluding carboxylic acids is 1. The minimum Gasteiger partial charge on any atom is -0.457 e. The molecular weight excluding hydrogens is 623 g/mol. The highest BCUT2D eigenvalue weighted by molar-refractivity contribution is 6.76. The molecule has 1 aliphatic heterocycles. The predicted molar refractivity (Wildman–Crippen MR) is 190 cm³/mol. The van der Waals surface area contributed by atoms with Gasteiger partial charge in [-0.25, -0.2) is 9.78 Å². The van der Waals surface area contributed by atoms with Crippen LogP contribution in [0.25, 0.3) is 22.4 Å². The van der Waals surface area contributed by atoms with Crippen molar-refractivity contribution in [3.8, 4) is 22.8 Å². The van der Waals surface area contributed by atoms with Gasteiger partial charge in [0, 0.05) is 52.8 Å². The maximum Gasteiger partial charge on any atom is 0.410 e. The number of fused-ring (bicyclic) bond motifs is 2. The van der Waals surface area contributed by atoms with E-state index in [9.17, 15) is 4.79 Å². The molecule has 0 saturated carbocycles. The molecule has 3 aromatic heterocycles. The van der Waals surface area contributed by atoms with Crippen molar-refractivity contribution in [2.24, 2.45) is 0 Å². The number of carbonyl (C=O) groups is 1. The molecule has 0 spiro atoms. The highest BCUT2D eigenvalue weighted by Crippen LogP contribution is 2.39. The molecule has 252 valence electrons. The quantitative estimate of drug-likeness (QED) is 0.110. The third kappa shape index (κ3) is 8.26. The number of nitrogens with zero attached hydrogens (tertiary/aromatic N) is 4. The van der Waals surface area contributed by atoms with Gasteiger partial charge in [-0.1, -0.05) is 61.2 Å². The Bertz CT molecular complexity index is 1870. The Hall–Kier alpha value is -4.61. The Morgan fingerprint density at radius 2 is 1.85 bits per heavy atom. The van der Waals surface area contributed by atoms with Gasteiger partial charge in [0.2, 0.25) is 0 Å². The molecular formula is C37H45N5O5Si. The first kappa shape index (κ1) is 33.3. The van der Waals surface area contributed by atoms with Crippen LogP contribution in [0.3, 0.4) is 0 Å². The second-order valence-corrected chi connectivity index (χ2v) is 20.1. The van der Waals surface area contributed by atoms with Gasteiger partial charge in [0.15, 0.2) is 11.6 Å². The number of hydrogen-bond acceptors (Lipinski definition) is 8. The molecule has 11 heteroatoms. The summed E-state index contributed by atoms with van der Waals surface area (Å²) in [5.41, 5.74) is 4.35. The first-order chi connectivity index (χ1) is 22.9. The number of amides is 1. The zero-order valence-corrected chi connectivity index (χ0v) is 29.7. The van der Waals surface area contributed by atoms with Gasteiger partial charge >= 0.3 is 6.09 Å². The third-order valence-corrected chi connectivity index (χ3v) is 9.81. The summed E-state index contributed by atoms with van der Waals surface area (Å²) in [5, 5.41) is 8.46. The number of ether oxygens (including phenoxy) is 3. The lowest BCUT2D eigenvalue weighted by atomic mass is 10.00.